The summed E-state index contributed by atoms with van der Waals surface area (Å²) in [4.78, 5) is 0.0228. The van der Waals surface area contributed by atoms with E-state index < -0.39 is 10.0 Å². The van der Waals surface area contributed by atoms with Crippen molar-refractivity contribution in [3.8, 4) is 0 Å². The van der Waals surface area contributed by atoms with Crippen LogP contribution in [0.2, 0.25) is 15.1 Å². The van der Waals surface area contributed by atoms with Crippen LogP contribution in [0.25, 0.3) is 0 Å². The van der Waals surface area contributed by atoms with Gasteiger partial charge in [-0.2, -0.15) is 5.10 Å². The van der Waals surface area contributed by atoms with Gasteiger partial charge in [0.15, 0.2) is 0 Å². The highest BCUT2D eigenvalue weighted by atomic mass is 35.5. The van der Waals surface area contributed by atoms with Crippen LogP contribution in [0.15, 0.2) is 23.2 Å². The molecule has 0 aliphatic heterocycles. The minimum Gasteiger partial charge on any atom is -0.281 e. The largest absolute Gasteiger partial charge is 0.281 e. The van der Waals surface area contributed by atoms with Crippen molar-refractivity contribution in [2.45, 2.75) is 11.8 Å². The average Bonchev–Trinajstić information content (AvgIpc) is 2.70. The predicted octanol–water partition coefficient (Wildman–Crippen LogP) is 3.48. The first-order valence-electron chi connectivity index (χ1n) is 4.98. The number of aromatic amines is 1. The van der Waals surface area contributed by atoms with E-state index in [4.69, 9.17) is 34.8 Å². The summed E-state index contributed by atoms with van der Waals surface area (Å²) in [5, 5.41) is 6.74. The Labute approximate surface area is 124 Å². The van der Waals surface area contributed by atoms with Crippen LogP contribution in [-0.4, -0.2) is 18.6 Å². The SMILES string of the molecule is Cc1[nH]ncc1S(=O)(=O)Nc1c(Cl)cc(Cl)cc1Cl. The van der Waals surface area contributed by atoms with Crippen molar-refractivity contribution in [1.82, 2.24) is 10.2 Å². The minimum absolute atomic E-state index is 0.0228. The van der Waals surface area contributed by atoms with Gasteiger partial charge in [-0.05, 0) is 19.1 Å². The molecule has 2 aromatic rings. The summed E-state index contributed by atoms with van der Waals surface area (Å²) in [7, 11) is -3.81. The Bertz CT molecular complexity index is 704. The Kier molecular flexibility index (Phi) is 3.96. The van der Waals surface area contributed by atoms with E-state index in [1.807, 2.05) is 0 Å². The molecule has 0 amide bonds. The molecule has 0 aliphatic carbocycles. The van der Waals surface area contributed by atoms with E-state index in [2.05, 4.69) is 14.9 Å². The van der Waals surface area contributed by atoms with E-state index in [1.54, 1.807) is 6.92 Å². The molecule has 0 saturated heterocycles. The molecule has 0 fully saturated rings. The molecule has 0 spiro atoms. The Morgan fingerprint density at radius 3 is 2.26 bits per heavy atom. The second-order valence-corrected chi connectivity index (χ2v) is 6.61. The van der Waals surface area contributed by atoms with Crippen LogP contribution in [-0.2, 0) is 10.0 Å². The number of nitrogens with one attached hydrogen (secondary N) is 2. The summed E-state index contributed by atoms with van der Waals surface area (Å²) in [5.41, 5.74) is 0.488. The molecule has 0 aliphatic rings. The maximum absolute atomic E-state index is 12.2. The maximum atomic E-state index is 12.2. The van der Waals surface area contributed by atoms with Crippen molar-refractivity contribution in [3.63, 3.8) is 0 Å². The number of benzene rings is 1. The van der Waals surface area contributed by atoms with E-state index in [0.717, 1.165) is 0 Å². The van der Waals surface area contributed by atoms with Gasteiger partial charge < -0.3 is 0 Å². The first-order valence-corrected chi connectivity index (χ1v) is 7.60. The molecule has 1 aromatic heterocycles. The summed E-state index contributed by atoms with van der Waals surface area (Å²) >= 11 is 17.6. The number of sulfonamides is 1. The summed E-state index contributed by atoms with van der Waals surface area (Å²) in [6.07, 6.45) is 1.20. The maximum Gasteiger partial charge on any atom is 0.265 e. The summed E-state index contributed by atoms with van der Waals surface area (Å²) in [5.74, 6) is 0. The number of hydrogen-bond acceptors (Lipinski definition) is 3. The highest BCUT2D eigenvalue weighted by Gasteiger charge is 2.21. The Hall–Kier alpha value is -0.950. The standard InChI is InChI=1S/C10H8Cl3N3O2S/c1-5-9(4-14-15-5)19(17,18)16-10-7(12)2-6(11)3-8(10)13/h2-4,16H,1H3,(H,14,15). The van der Waals surface area contributed by atoms with Crippen LogP contribution in [0.4, 0.5) is 5.69 Å². The van der Waals surface area contributed by atoms with Crippen LogP contribution in [0.5, 0.6) is 0 Å². The molecule has 2 rings (SSSR count). The molecule has 1 heterocycles. The number of aryl methyl sites for hydroxylation is 1. The fourth-order valence-electron chi connectivity index (χ4n) is 1.44. The van der Waals surface area contributed by atoms with Crippen LogP contribution in [0.3, 0.4) is 0 Å². The number of rotatable bonds is 3. The topological polar surface area (TPSA) is 74.8 Å². The van der Waals surface area contributed by atoms with Crippen molar-refractivity contribution in [2.24, 2.45) is 0 Å². The van der Waals surface area contributed by atoms with Crippen LogP contribution in [0, 0.1) is 6.92 Å². The van der Waals surface area contributed by atoms with Crippen molar-refractivity contribution in [2.75, 3.05) is 4.72 Å². The van der Waals surface area contributed by atoms with Gasteiger partial charge in [-0.15, -0.1) is 0 Å². The van der Waals surface area contributed by atoms with Gasteiger partial charge in [0.1, 0.15) is 4.90 Å². The highest BCUT2D eigenvalue weighted by molar-refractivity contribution is 7.92. The number of halogens is 3. The normalized spacial score (nSPS) is 11.6. The van der Waals surface area contributed by atoms with Gasteiger partial charge in [0.25, 0.3) is 10.0 Å². The quantitative estimate of drug-likeness (QED) is 0.898. The highest BCUT2D eigenvalue weighted by Crippen LogP contribution is 2.35. The zero-order chi connectivity index (χ0) is 14.2. The molecule has 0 bridgehead atoms. The molecule has 9 heteroatoms. The van der Waals surface area contributed by atoms with E-state index >= 15 is 0 Å². The van der Waals surface area contributed by atoms with E-state index in [9.17, 15) is 8.42 Å². The third-order valence-electron chi connectivity index (χ3n) is 2.32. The molecule has 2 N–H and O–H groups in total. The summed E-state index contributed by atoms with van der Waals surface area (Å²) < 4.78 is 26.6. The first-order chi connectivity index (χ1) is 8.81. The lowest BCUT2D eigenvalue weighted by atomic mass is 10.3. The third kappa shape index (κ3) is 2.97. The summed E-state index contributed by atoms with van der Waals surface area (Å²) in [6.45, 7) is 1.59. The van der Waals surface area contributed by atoms with E-state index in [-0.39, 0.29) is 20.6 Å². The van der Waals surface area contributed by atoms with Crippen LogP contribution < -0.4 is 4.72 Å². The van der Waals surface area contributed by atoms with Gasteiger partial charge in [-0.25, -0.2) is 8.42 Å². The molecular formula is C10H8Cl3N3O2S. The van der Waals surface area contributed by atoms with E-state index in [0.29, 0.717) is 10.7 Å². The Morgan fingerprint density at radius 2 is 1.79 bits per heavy atom. The van der Waals surface area contributed by atoms with Gasteiger partial charge in [0.05, 0.1) is 27.6 Å². The van der Waals surface area contributed by atoms with Crippen LogP contribution >= 0.6 is 34.8 Å². The first kappa shape index (κ1) is 14.5. The molecule has 0 radical (unpaired) electrons. The van der Waals surface area contributed by atoms with Crippen LogP contribution in [0.1, 0.15) is 5.69 Å². The number of hydrogen-bond donors (Lipinski definition) is 2. The third-order valence-corrected chi connectivity index (χ3v) is 4.59. The molecule has 1 aromatic carbocycles. The predicted molar refractivity (Wildman–Crippen MR) is 75.6 cm³/mol. The lowest BCUT2D eigenvalue weighted by Gasteiger charge is -2.11. The van der Waals surface area contributed by atoms with Crippen molar-refractivity contribution >= 4 is 50.5 Å². The Balaban J connectivity index is 2.45. The second-order valence-electron chi connectivity index (χ2n) is 3.71. The summed E-state index contributed by atoms with van der Waals surface area (Å²) in [6, 6.07) is 2.80. The molecule has 5 nitrogen and oxygen atoms in total. The second kappa shape index (κ2) is 5.20. The van der Waals surface area contributed by atoms with Gasteiger partial charge in [0.2, 0.25) is 0 Å². The van der Waals surface area contributed by atoms with Gasteiger partial charge >= 0.3 is 0 Å². The monoisotopic (exact) mass is 339 g/mol. The smallest absolute Gasteiger partial charge is 0.265 e. The zero-order valence-electron chi connectivity index (χ0n) is 9.54. The van der Waals surface area contributed by atoms with E-state index in [1.165, 1.54) is 18.3 Å². The fourth-order valence-corrected chi connectivity index (χ4v) is 3.70. The minimum atomic E-state index is -3.81. The molecule has 102 valence electrons. The lowest BCUT2D eigenvalue weighted by molar-refractivity contribution is 0.600. The molecule has 19 heavy (non-hydrogen) atoms. The van der Waals surface area contributed by atoms with Crippen molar-refractivity contribution in [3.05, 3.63) is 39.1 Å². The zero-order valence-corrected chi connectivity index (χ0v) is 12.6. The van der Waals surface area contributed by atoms with Crippen molar-refractivity contribution in [1.29, 1.82) is 0 Å². The molecule has 0 saturated carbocycles. The Morgan fingerprint density at radius 1 is 1.21 bits per heavy atom. The number of aromatic nitrogens is 2. The molecule has 0 unspecified atom stereocenters. The number of anilines is 1. The number of H-pyrrole nitrogens is 1. The number of nitrogens with zero attached hydrogens (tertiary/aromatic N) is 1. The fraction of sp³-hybridized carbons (Fsp3) is 0.100. The van der Waals surface area contributed by atoms with Gasteiger partial charge in [-0.1, -0.05) is 34.8 Å². The molecular weight excluding hydrogens is 333 g/mol. The van der Waals surface area contributed by atoms with Gasteiger partial charge in [-0.3, -0.25) is 9.82 Å². The van der Waals surface area contributed by atoms with Gasteiger partial charge in [0, 0.05) is 5.02 Å². The average molecular weight is 341 g/mol. The lowest BCUT2D eigenvalue weighted by Crippen LogP contribution is -2.14. The molecule has 0 atom stereocenters. The van der Waals surface area contributed by atoms with Crippen molar-refractivity contribution < 1.29 is 8.42 Å².